The summed E-state index contributed by atoms with van der Waals surface area (Å²) in [4.78, 5) is 0. The van der Waals surface area contributed by atoms with Gasteiger partial charge in [-0.15, -0.1) is 0 Å². The molecule has 2 nitrogen and oxygen atoms in total. The van der Waals surface area contributed by atoms with Gasteiger partial charge in [-0.2, -0.15) is 0 Å². The molecule has 0 aromatic heterocycles. The molecule has 0 aliphatic heterocycles. The van der Waals surface area contributed by atoms with Crippen molar-refractivity contribution in [1.82, 2.24) is 5.32 Å². The van der Waals surface area contributed by atoms with Gasteiger partial charge < -0.3 is 5.32 Å². The number of rotatable bonds is 3. The lowest BCUT2D eigenvalue weighted by atomic mass is 10.5. The van der Waals surface area contributed by atoms with Crippen molar-refractivity contribution in [2.75, 3.05) is 12.3 Å². The molecule has 0 atom stereocenters. The molecular weight excluding hydrogens is 120 g/mol. The third-order valence-corrected chi connectivity index (χ3v) is 1.000. The van der Waals surface area contributed by atoms with E-state index < -0.39 is 0 Å². The van der Waals surface area contributed by atoms with Crippen molar-refractivity contribution in [3.63, 3.8) is 0 Å². The smallest absolute Gasteiger partial charge is 0.0899 e. The molecule has 0 saturated heterocycles. The second kappa shape index (κ2) is 4.97. The second-order valence-electron chi connectivity index (χ2n) is 1.61. The average molecular weight is 131 g/mol. The van der Waals surface area contributed by atoms with Crippen LogP contribution < -0.4 is 5.32 Å². The molecule has 0 bridgehead atoms. The Balaban J connectivity index is 2.82. The Morgan fingerprint density at radius 2 is 2.38 bits per heavy atom. The first-order valence-corrected chi connectivity index (χ1v) is 3.22. The summed E-state index contributed by atoms with van der Waals surface area (Å²) in [5.74, 6) is 1.30. The van der Waals surface area contributed by atoms with Gasteiger partial charge in [-0.25, -0.2) is 0 Å². The number of amidine groups is 1. The molecule has 0 rings (SSSR count). The van der Waals surface area contributed by atoms with E-state index in [4.69, 9.17) is 18.0 Å². The molecule has 0 fully saturated rings. The summed E-state index contributed by atoms with van der Waals surface area (Å²) in [6.45, 7) is 2.57. The third kappa shape index (κ3) is 5.82. The molecule has 0 unspecified atom stereocenters. The highest BCUT2D eigenvalue weighted by Gasteiger charge is 1.83. The van der Waals surface area contributed by atoms with Crippen LogP contribution in [0.1, 0.15) is 13.3 Å². The molecule has 0 spiro atoms. The molecule has 0 aliphatic rings. The van der Waals surface area contributed by atoms with Gasteiger partial charge in [0, 0.05) is 12.3 Å². The van der Waals surface area contributed by atoms with Gasteiger partial charge in [0.25, 0.3) is 0 Å². The lowest BCUT2D eigenvalue weighted by Gasteiger charge is -1.98. The van der Waals surface area contributed by atoms with Gasteiger partial charge in [-0.05, 0) is 13.3 Å². The highest BCUT2D eigenvalue weighted by molar-refractivity contribution is 7.80. The first-order valence-electron chi connectivity index (χ1n) is 2.64. The van der Waals surface area contributed by atoms with Crippen LogP contribution in [0.3, 0.4) is 0 Å². The lowest BCUT2D eigenvalue weighted by Crippen LogP contribution is -2.20. The standard InChI is InChI=1S/C5H11N2S/c1-5(6)7-3-2-4-8/h2-4H2,1H3,(H2,6,7). The fourth-order valence-electron chi connectivity index (χ4n) is 0.348. The van der Waals surface area contributed by atoms with E-state index >= 15 is 0 Å². The van der Waals surface area contributed by atoms with Gasteiger partial charge in [0.1, 0.15) is 0 Å². The molecule has 0 saturated carbocycles. The van der Waals surface area contributed by atoms with E-state index in [-0.39, 0.29) is 0 Å². The zero-order chi connectivity index (χ0) is 6.41. The van der Waals surface area contributed by atoms with E-state index in [1.807, 2.05) is 0 Å². The summed E-state index contributed by atoms with van der Waals surface area (Å²) >= 11 is 4.69. The van der Waals surface area contributed by atoms with Crippen molar-refractivity contribution >= 4 is 18.5 Å². The quantitative estimate of drug-likeness (QED) is 0.336. The maximum Gasteiger partial charge on any atom is 0.0899 e. The molecule has 0 aromatic rings. The molecular formula is C5H11N2S. The monoisotopic (exact) mass is 131 g/mol. The number of nitrogens with one attached hydrogen (secondary N) is 2. The number of hydrogen-bond donors (Lipinski definition) is 2. The Kier molecular flexibility index (Phi) is 4.85. The van der Waals surface area contributed by atoms with Crippen molar-refractivity contribution in [1.29, 1.82) is 5.41 Å². The van der Waals surface area contributed by atoms with Crippen LogP contribution in [-0.2, 0) is 0 Å². The molecule has 2 N–H and O–H groups in total. The van der Waals surface area contributed by atoms with Crippen molar-refractivity contribution in [2.45, 2.75) is 13.3 Å². The predicted molar refractivity (Wildman–Crippen MR) is 38.5 cm³/mol. The van der Waals surface area contributed by atoms with Crippen molar-refractivity contribution in [2.24, 2.45) is 0 Å². The van der Waals surface area contributed by atoms with Crippen LogP contribution >= 0.6 is 12.6 Å². The van der Waals surface area contributed by atoms with Crippen LogP contribution in [0.25, 0.3) is 0 Å². The van der Waals surface area contributed by atoms with E-state index in [0.29, 0.717) is 5.84 Å². The fourth-order valence-corrected chi connectivity index (χ4v) is 0.492. The van der Waals surface area contributed by atoms with Gasteiger partial charge in [-0.3, -0.25) is 5.41 Å². The molecule has 47 valence electrons. The Morgan fingerprint density at radius 1 is 1.75 bits per heavy atom. The van der Waals surface area contributed by atoms with Gasteiger partial charge in [0.2, 0.25) is 0 Å². The number of hydrogen-bond acceptors (Lipinski definition) is 1. The fraction of sp³-hybridized carbons (Fsp3) is 0.800. The van der Waals surface area contributed by atoms with E-state index in [9.17, 15) is 0 Å². The first kappa shape index (κ1) is 7.82. The molecule has 0 aliphatic carbocycles. The van der Waals surface area contributed by atoms with Crippen LogP contribution in [0.5, 0.6) is 0 Å². The van der Waals surface area contributed by atoms with Crippen LogP contribution in [0.2, 0.25) is 0 Å². The predicted octanol–water partition coefficient (Wildman–Crippen LogP) is 1.16. The molecule has 0 aromatic carbocycles. The van der Waals surface area contributed by atoms with Crippen LogP contribution in [-0.4, -0.2) is 18.1 Å². The van der Waals surface area contributed by atoms with Crippen molar-refractivity contribution in [3.8, 4) is 0 Å². The summed E-state index contributed by atoms with van der Waals surface area (Å²) < 4.78 is 0. The Hall–Kier alpha value is -0.180. The van der Waals surface area contributed by atoms with Crippen molar-refractivity contribution < 1.29 is 0 Å². The van der Waals surface area contributed by atoms with Crippen LogP contribution in [0.4, 0.5) is 0 Å². The minimum absolute atomic E-state index is 0.522. The van der Waals surface area contributed by atoms with Crippen LogP contribution in [0.15, 0.2) is 0 Å². The minimum atomic E-state index is 0.522. The Bertz CT molecular complexity index is 72.8. The maximum atomic E-state index is 6.93. The maximum absolute atomic E-state index is 6.93. The van der Waals surface area contributed by atoms with E-state index in [1.54, 1.807) is 6.92 Å². The summed E-state index contributed by atoms with van der Waals surface area (Å²) in [6.07, 6.45) is 0.978. The average Bonchev–Trinajstić information content (AvgIpc) is 1.66. The topological polar surface area (TPSA) is 35.9 Å². The van der Waals surface area contributed by atoms with Crippen LogP contribution in [0, 0.1) is 5.41 Å². The normalized spacial score (nSPS) is 8.75. The SMILES string of the molecule is CC(=N)NCCC[S]. The zero-order valence-corrected chi connectivity index (χ0v) is 5.85. The summed E-state index contributed by atoms with van der Waals surface area (Å²) in [6, 6.07) is 0. The Labute approximate surface area is 55.6 Å². The molecule has 0 amide bonds. The van der Waals surface area contributed by atoms with Gasteiger partial charge >= 0.3 is 0 Å². The zero-order valence-electron chi connectivity index (χ0n) is 5.03. The summed E-state index contributed by atoms with van der Waals surface area (Å²) in [7, 11) is 0. The highest BCUT2D eigenvalue weighted by Crippen LogP contribution is 1.79. The largest absolute Gasteiger partial charge is 0.374 e. The summed E-state index contributed by atoms with van der Waals surface area (Å²) in [5.41, 5.74) is 0. The summed E-state index contributed by atoms with van der Waals surface area (Å²) in [5, 5.41) is 9.79. The van der Waals surface area contributed by atoms with Gasteiger partial charge in [0.15, 0.2) is 0 Å². The minimum Gasteiger partial charge on any atom is -0.374 e. The van der Waals surface area contributed by atoms with Gasteiger partial charge in [0.05, 0.1) is 5.84 Å². The van der Waals surface area contributed by atoms with Crippen molar-refractivity contribution in [3.05, 3.63) is 0 Å². The lowest BCUT2D eigenvalue weighted by molar-refractivity contribution is 0.842. The van der Waals surface area contributed by atoms with E-state index in [2.05, 4.69) is 5.32 Å². The molecule has 3 heteroatoms. The third-order valence-electron chi connectivity index (χ3n) is 0.711. The first-order chi connectivity index (χ1) is 3.77. The molecule has 1 radical (unpaired) electrons. The van der Waals surface area contributed by atoms with Gasteiger partial charge in [-0.1, -0.05) is 12.6 Å². The Morgan fingerprint density at radius 3 is 2.75 bits per heavy atom. The highest BCUT2D eigenvalue weighted by atomic mass is 32.1. The van der Waals surface area contributed by atoms with E-state index in [0.717, 1.165) is 18.7 Å². The molecule has 8 heavy (non-hydrogen) atoms. The van der Waals surface area contributed by atoms with E-state index in [1.165, 1.54) is 0 Å². The second-order valence-corrected chi connectivity index (χ2v) is 2.02. The molecule has 0 heterocycles.